The van der Waals surface area contributed by atoms with Crippen LogP contribution in [0.15, 0.2) is 60.8 Å². The van der Waals surface area contributed by atoms with Crippen molar-refractivity contribution in [3.8, 4) is 23.0 Å². The van der Waals surface area contributed by atoms with Gasteiger partial charge in [-0.15, -0.1) is 0 Å². The van der Waals surface area contributed by atoms with Crippen molar-refractivity contribution in [3.05, 3.63) is 71.9 Å². The number of phenols is 1. The van der Waals surface area contributed by atoms with E-state index in [1.807, 2.05) is 0 Å². The molecule has 154 valence electrons. The Hall–Kier alpha value is -4.00. The molecule has 0 radical (unpaired) electrons. The average Bonchev–Trinajstić information content (AvgIpc) is 2.78. The monoisotopic (exact) mass is 406 g/mol. The normalized spacial score (nSPS) is 10.6. The van der Waals surface area contributed by atoms with Gasteiger partial charge in [0.1, 0.15) is 11.6 Å². The van der Waals surface area contributed by atoms with Gasteiger partial charge in [-0.2, -0.15) is 0 Å². The lowest BCUT2D eigenvalue weighted by Crippen LogP contribution is -2.03. The highest BCUT2D eigenvalue weighted by Crippen LogP contribution is 2.38. The minimum absolute atomic E-state index is 0.158. The third-order valence-electron chi connectivity index (χ3n) is 4.32. The second-order valence-corrected chi connectivity index (χ2v) is 6.23. The molecule has 3 aromatic rings. The van der Waals surface area contributed by atoms with Crippen molar-refractivity contribution >= 4 is 23.4 Å². The van der Waals surface area contributed by atoms with E-state index in [9.17, 15) is 9.90 Å². The number of carbonyl (C=O) groups is 1. The van der Waals surface area contributed by atoms with E-state index in [4.69, 9.17) is 14.2 Å². The van der Waals surface area contributed by atoms with Gasteiger partial charge >= 0.3 is 0 Å². The number of rotatable bonds is 8. The molecular formula is C23H22N2O5. The molecule has 2 aromatic carbocycles. The molecule has 0 aliphatic heterocycles. The number of hydrogen-bond acceptors (Lipinski definition) is 7. The summed E-state index contributed by atoms with van der Waals surface area (Å²) in [7, 11) is 4.60. The number of aromatic hydroxyl groups is 1. The standard InChI is InChI=1S/C23H22N2O5/c1-28-20-13-15(14-21(29-2)22(20)30-3)6-11-19(27)18-5-4-12-24-23(18)25-16-7-9-17(26)10-8-16/h4-14,26H,1-3H3,(H,24,25)/b11-6+. The third-order valence-corrected chi connectivity index (χ3v) is 4.32. The van der Waals surface area contributed by atoms with E-state index in [1.54, 1.807) is 60.8 Å². The van der Waals surface area contributed by atoms with E-state index in [-0.39, 0.29) is 11.5 Å². The molecular weight excluding hydrogens is 384 g/mol. The van der Waals surface area contributed by atoms with Gasteiger partial charge in [0.25, 0.3) is 0 Å². The van der Waals surface area contributed by atoms with Crippen LogP contribution in [0.4, 0.5) is 11.5 Å². The van der Waals surface area contributed by atoms with Crippen molar-refractivity contribution in [2.24, 2.45) is 0 Å². The fourth-order valence-corrected chi connectivity index (χ4v) is 2.84. The lowest BCUT2D eigenvalue weighted by molar-refractivity contribution is 0.104. The van der Waals surface area contributed by atoms with Crippen molar-refractivity contribution in [3.63, 3.8) is 0 Å². The zero-order chi connectivity index (χ0) is 21.5. The molecule has 3 rings (SSSR count). The second kappa shape index (κ2) is 9.47. The molecule has 1 aromatic heterocycles. The Morgan fingerprint density at radius 3 is 2.27 bits per heavy atom. The Labute approximate surface area is 174 Å². The van der Waals surface area contributed by atoms with Gasteiger partial charge in [-0.3, -0.25) is 4.79 Å². The maximum Gasteiger partial charge on any atom is 0.203 e. The van der Waals surface area contributed by atoms with Gasteiger partial charge < -0.3 is 24.6 Å². The molecule has 0 amide bonds. The van der Waals surface area contributed by atoms with Crippen LogP contribution in [0, 0.1) is 0 Å². The summed E-state index contributed by atoms with van der Waals surface area (Å²) in [6, 6.07) is 13.4. The summed E-state index contributed by atoms with van der Waals surface area (Å²) in [6.07, 6.45) is 4.73. The summed E-state index contributed by atoms with van der Waals surface area (Å²) < 4.78 is 16.0. The van der Waals surface area contributed by atoms with Crippen LogP contribution >= 0.6 is 0 Å². The predicted molar refractivity (Wildman–Crippen MR) is 115 cm³/mol. The number of nitrogens with zero attached hydrogens (tertiary/aromatic N) is 1. The summed E-state index contributed by atoms with van der Waals surface area (Å²) in [6.45, 7) is 0. The Kier molecular flexibility index (Phi) is 6.54. The van der Waals surface area contributed by atoms with Crippen molar-refractivity contribution in [2.75, 3.05) is 26.6 Å². The first-order chi connectivity index (χ1) is 14.5. The van der Waals surface area contributed by atoms with Crippen LogP contribution in [0.1, 0.15) is 15.9 Å². The van der Waals surface area contributed by atoms with E-state index in [0.717, 1.165) is 5.56 Å². The number of nitrogens with one attached hydrogen (secondary N) is 1. The smallest absolute Gasteiger partial charge is 0.203 e. The number of benzene rings is 2. The van der Waals surface area contributed by atoms with E-state index >= 15 is 0 Å². The van der Waals surface area contributed by atoms with Crippen molar-refractivity contribution < 1.29 is 24.1 Å². The Morgan fingerprint density at radius 2 is 1.67 bits per heavy atom. The highest BCUT2D eigenvalue weighted by Gasteiger charge is 2.13. The Bertz CT molecular complexity index is 1040. The molecule has 0 aliphatic rings. The number of methoxy groups -OCH3 is 3. The lowest BCUT2D eigenvalue weighted by Gasteiger charge is -2.13. The van der Waals surface area contributed by atoms with Gasteiger partial charge in [0.2, 0.25) is 5.75 Å². The van der Waals surface area contributed by atoms with Gasteiger partial charge in [0.05, 0.1) is 26.9 Å². The molecule has 0 unspecified atom stereocenters. The molecule has 7 nitrogen and oxygen atoms in total. The minimum Gasteiger partial charge on any atom is -0.508 e. The molecule has 0 fully saturated rings. The van der Waals surface area contributed by atoms with Crippen LogP contribution in [0.5, 0.6) is 23.0 Å². The molecule has 0 spiro atoms. The van der Waals surface area contributed by atoms with Gasteiger partial charge in [-0.1, -0.05) is 6.08 Å². The maximum atomic E-state index is 12.8. The SMILES string of the molecule is COc1cc(/C=C/C(=O)c2cccnc2Nc2ccc(O)cc2)cc(OC)c1OC. The van der Waals surface area contributed by atoms with Crippen LogP contribution in [-0.4, -0.2) is 37.2 Å². The Balaban J connectivity index is 1.86. The molecule has 0 bridgehead atoms. The largest absolute Gasteiger partial charge is 0.508 e. The fraction of sp³-hybridized carbons (Fsp3) is 0.130. The minimum atomic E-state index is -0.224. The quantitative estimate of drug-likeness (QED) is 0.324. The number of carbonyl (C=O) groups excluding carboxylic acids is 1. The van der Waals surface area contributed by atoms with Gasteiger partial charge in [0, 0.05) is 11.9 Å². The third kappa shape index (κ3) is 4.70. The number of hydrogen-bond donors (Lipinski definition) is 2. The van der Waals surface area contributed by atoms with Gasteiger partial charge in [-0.25, -0.2) is 4.98 Å². The zero-order valence-corrected chi connectivity index (χ0v) is 16.9. The molecule has 2 N–H and O–H groups in total. The predicted octanol–water partition coefficient (Wildman–Crippen LogP) is 4.45. The number of ketones is 1. The number of pyridine rings is 1. The van der Waals surface area contributed by atoms with Crippen LogP contribution in [0.2, 0.25) is 0 Å². The molecule has 0 aliphatic carbocycles. The van der Waals surface area contributed by atoms with Gasteiger partial charge in [-0.05, 0) is 60.2 Å². The Morgan fingerprint density at radius 1 is 1.00 bits per heavy atom. The molecule has 30 heavy (non-hydrogen) atoms. The first kappa shape index (κ1) is 20.7. The van der Waals surface area contributed by atoms with Crippen LogP contribution in [-0.2, 0) is 0 Å². The summed E-state index contributed by atoms with van der Waals surface area (Å²) in [4.78, 5) is 17.1. The fourth-order valence-electron chi connectivity index (χ4n) is 2.84. The highest BCUT2D eigenvalue weighted by molar-refractivity contribution is 6.10. The number of ether oxygens (including phenoxy) is 3. The van der Waals surface area contributed by atoms with Crippen LogP contribution < -0.4 is 19.5 Å². The molecule has 0 atom stereocenters. The first-order valence-corrected chi connectivity index (χ1v) is 9.09. The van der Waals surface area contributed by atoms with E-state index < -0.39 is 0 Å². The van der Waals surface area contributed by atoms with Crippen molar-refractivity contribution in [1.29, 1.82) is 0 Å². The summed E-state index contributed by atoms with van der Waals surface area (Å²) >= 11 is 0. The van der Waals surface area contributed by atoms with Crippen molar-refractivity contribution in [2.45, 2.75) is 0 Å². The highest BCUT2D eigenvalue weighted by atomic mass is 16.5. The second-order valence-electron chi connectivity index (χ2n) is 6.23. The topological polar surface area (TPSA) is 89.9 Å². The maximum absolute atomic E-state index is 12.8. The first-order valence-electron chi connectivity index (χ1n) is 9.09. The lowest BCUT2D eigenvalue weighted by atomic mass is 10.1. The summed E-state index contributed by atoms with van der Waals surface area (Å²) in [5, 5.41) is 12.5. The summed E-state index contributed by atoms with van der Waals surface area (Å²) in [5.41, 5.74) is 1.83. The van der Waals surface area contributed by atoms with Crippen LogP contribution in [0.3, 0.4) is 0 Å². The van der Waals surface area contributed by atoms with Crippen molar-refractivity contribution in [1.82, 2.24) is 4.98 Å². The molecule has 1 heterocycles. The zero-order valence-electron chi connectivity index (χ0n) is 16.9. The number of phenolic OH excluding ortho intramolecular Hbond substituents is 1. The van der Waals surface area contributed by atoms with Crippen LogP contribution in [0.25, 0.3) is 6.08 Å². The summed E-state index contributed by atoms with van der Waals surface area (Å²) in [5.74, 6) is 1.84. The van der Waals surface area contributed by atoms with E-state index in [0.29, 0.717) is 34.3 Å². The number of allylic oxidation sites excluding steroid dienone is 1. The molecule has 7 heteroatoms. The van der Waals surface area contributed by atoms with E-state index in [1.165, 1.54) is 27.4 Å². The molecule has 0 saturated carbocycles. The van der Waals surface area contributed by atoms with E-state index in [2.05, 4.69) is 10.3 Å². The number of anilines is 2. The molecule has 0 saturated heterocycles. The van der Waals surface area contributed by atoms with Gasteiger partial charge in [0.15, 0.2) is 17.3 Å². The number of aromatic nitrogens is 1. The average molecular weight is 406 g/mol.